The zero-order valence-electron chi connectivity index (χ0n) is 18.1. The fraction of sp³-hybridized carbons (Fsp3) is 0.500. The third kappa shape index (κ3) is 4.24. The molecule has 1 amide bonds. The van der Waals surface area contributed by atoms with E-state index < -0.39 is 11.7 Å². The Labute approximate surface area is 179 Å². The van der Waals surface area contributed by atoms with E-state index in [0.29, 0.717) is 6.61 Å². The quantitative estimate of drug-likeness (QED) is 0.665. The summed E-state index contributed by atoms with van der Waals surface area (Å²) in [7, 11) is 0. The summed E-state index contributed by atoms with van der Waals surface area (Å²) in [6.07, 6.45) is 5.15. The minimum atomic E-state index is -0.899. The van der Waals surface area contributed by atoms with E-state index in [1.54, 1.807) is 0 Å². The van der Waals surface area contributed by atoms with Gasteiger partial charge in [-0.25, -0.2) is 4.79 Å². The van der Waals surface area contributed by atoms with Crippen molar-refractivity contribution in [1.29, 1.82) is 0 Å². The molecule has 0 radical (unpaired) electrons. The Hall–Kier alpha value is -2.33. The molecule has 2 aliphatic rings. The number of benzene rings is 2. The number of fused-ring (bicyclic) bond motifs is 3. The largest absolute Gasteiger partial charge is 0.449 e. The number of aliphatic hydroxyl groups is 1. The third-order valence-electron chi connectivity index (χ3n) is 7.24. The molecular weight excluding hydrogens is 374 g/mol. The van der Waals surface area contributed by atoms with Crippen LogP contribution in [-0.4, -0.2) is 30.0 Å². The summed E-state index contributed by atoms with van der Waals surface area (Å²) in [5.41, 5.74) is 3.93. The average Bonchev–Trinajstić information content (AvgIpc) is 3.10. The topological polar surface area (TPSA) is 58.6 Å². The highest BCUT2D eigenvalue weighted by molar-refractivity contribution is 5.79. The molecule has 4 rings (SSSR count). The summed E-state index contributed by atoms with van der Waals surface area (Å²) in [6, 6.07) is 16.6. The minimum Gasteiger partial charge on any atom is -0.449 e. The molecule has 4 heteroatoms. The molecule has 0 spiro atoms. The molecular formula is C26H33NO3. The molecule has 0 aliphatic heterocycles. The standard InChI is InChI=1S/C26H33NO3/c1-3-18-12-14-19(15-13-18)26(2,29)17-27-25(28)30-16-24-22-10-6-4-8-20(22)21-9-5-7-11-23(21)24/h4-11,18-19,24,29H,3,12-17H2,1-2H3,(H,27,28). The Morgan fingerprint density at radius 3 is 2.17 bits per heavy atom. The highest BCUT2D eigenvalue weighted by atomic mass is 16.5. The molecule has 2 aromatic carbocycles. The second-order valence-electron chi connectivity index (χ2n) is 9.16. The highest BCUT2D eigenvalue weighted by Crippen LogP contribution is 2.44. The van der Waals surface area contributed by atoms with Crippen molar-refractivity contribution in [3.8, 4) is 11.1 Å². The number of carbonyl (C=O) groups excluding carboxylic acids is 1. The molecule has 0 bridgehead atoms. The highest BCUT2D eigenvalue weighted by Gasteiger charge is 2.35. The maximum absolute atomic E-state index is 12.4. The predicted octanol–water partition coefficient (Wildman–Crippen LogP) is 5.49. The lowest BCUT2D eigenvalue weighted by atomic mass is 9.73. The van der Waals surface area contributed by atoms with Crippen molar-refractivity contribution in [3.63, 3.8) is 0 Å². The van der Waals surface area contributed by atoms with Crippen molar-refractivity contribution < 1.29 is 14.6 Å². The molecule has 160 valence electrons. The van der Waals surface area contributed by atoms with E-state index in [1.165, 1.54) is 41.5 Å². The van der Waals surface area contributed by atoms with E-state index >= 15 is 0 Å². The van der Waals surface area contributed by atoms with Crippen LogP contribution in [0.4, 0.5) is 4.79 Å². The lowest BCUT2D eigenvalue weighted by Crippen LogP contribution is -2.47. The van der Waals surface area contributed by atoms with E-state index in [1.807, 2.05) is 31.2 Å². The van der Waals surface area contributed by atoms with Crippen LogP contribution in [0.2, 0.25) is 0 Å². The van der Waals surface area contributed by atoms with Gasteiger partial charge in [0.25, 0.3) is 0 Å². The molecule has 2 aliphatic carbocycles. The van der Waals surface area contributed by atoms with Crippen LogP contribution in [0, 0.1) is 11.8 Å². The number of amides is 1. The molecule has 0 saturated heterocycles. The van der Waals surface area contributed by atoms with E-state index in [0.717, 1.165) is 18.8 Å². The van der Waals surface area contributed by atoms with Gasteiger partial charge in [0, 0.05) is 12.5 Å². The number of rotatable bonds is 6. The van der Waals surface area contributed by atoms with Gasteiger partial charge in [0.15, 0.2) is 0 Å². The molecule has 30 heavy (non-hydrogen) atoms. The van der Waals surface area contributed by atoms with Crippen molar-refractivity contribution in [2.24, 2.45) is 11.8 Å². The molecule has 2 N–H and O–H groups in total. The molecule has 1 unspecified atom stereocenters. The van der Waals surface area contributed by atoms with Gasteiger partial charge in [-0.05, 0) is 53.9 Å². The lowest BCUT2D eigenvalue weighted by Gasteiger charge is -2.38. The Morgan fingerprint density at radius 1 is 1.03 bits per heavy atom. The summed E-state index contributed by atoms with van der Waals surface area (Å²) < 4.78 is 5.60. The number of ether oxygens (including phenoxy) is 1. The molecule has 1 atom stereocenters. The molecule has 1 fully saturated rings. The summed E-state index contributed by atoms with van der Waals surface area (Å²) in [4.78, 5) is 12.4. The fourth-order valence-corrected chi connectivity index (χ4v) is 5.24. The first kappa shape index (κ1) is 20.9. The second kappa shape index (κ2) is 8.81. The van der Waals surface area contributed by atoms with Gasteiger partial charge < -0.3 is 15.2 Å². The SMILES string of the molecule is CCC1CCC(C(C)(O)CNC(=O)OCC2c3ccccc3-c3ccccc32)CC1. The first-order valence-electron chi connectivity index (χ1n) is 11.3. The normalized spacial score (nSPS) is 22.6. The zero-order chi connectivity index (χ0) is 21.1. The average molecular weight is 408 g/mol. The number of nitrogens with one attached hydrogen (secondary N) is 1. The van der Waals surface area contributed by atoms with Crippen molar-refractivity contribution in [2.45, 2.75) is 57.5 Å². The monoisotopic (exact) mass is 407 g/mol. The van der Waals surface area contributed by atoms with Crippen molar-refractivity contribution in [2.75, 3.05) is 13.2 Å². The number of hydrogen-bond acceptors (Lipinski definition) is 3. The van der Waals surface area contributed by atoms with Gasteiger partial charge in [-0.1, -0.05) is 74.7 Å². The third-order valence-corrected chi connectivity index (χ3v) is 7.24. The van der Waals surface area contributed by atoms with Gasteiger partial charge in [0.1, 0.15) is 6.61 Å². The van der Waals surface area contributed by atoms with Gasteiger partial charge in [-0.3, -0.25) is 0 Å². The van der Waals surface area contributed by atoms with Crippen LogP contribution in [-0.2, 0) is 4.74 Å². The Kier molecular flexibility index (Phi) is 6.14. The van der Waals surface area contributed by atoms with Gasteiger partial charge >= 0.3 is 6.09 Å². The molecule has 0 heterocycles. The number of hydrogen-bond donors (Lipinski definition) is 2. The second-order valence-corrected chi connectivity index (χ2v) is 9.16. The maximum Gasteiger partial charge on any atom is 0.407 e. The van der Waals surface area contributed by atoms with E-state index in [4.69, 9.17) is 4.74 Å². The van der Waals surface area contributed by atoms with E-state index in [2.05, 4.69) is 36.5 Å². The first-order chi connectivity index (χ1) is 14.5. The molecule has 2 aromatic rings. The molecule has 0 aromatic heterocycles. The van der Waals surface area contributed by atoms with Gasteiger partial charge in [-0.2, -0.15) is 0 Å². The Bertz CT molecular complexity index is 838. The minimum absolute atomic E-state index is 0.0491. The van der Waals surface area contributed by atoms with Crippen molar-refractivity contribution >= 4 is 6.09 Å². The van der Waals surface area contributed by atoms with Crippen LogP contribution < -0.4 is 5.32 Å². The van der Waals surface area contributed by atoms with E-state index in [-0.39, 0.29) is 18.4 Å². The smallest absolute Gasteiger partial charge is 0.407 e. The van der Waals surface area contributed by atoms with Crippen LogP contribution in [0.15, 0.2) is 48.5 Å². The predicted molar refractivity (Wildman–Crippen MR) is 119 cm³/mol. The Morgan fingerprint density at radius 2 is 1.60 bits per heavy atom. The number of carbonyl (C=O) groups is 1. The summed E-state index contributed by atoms with van der Waals surface area (Å²) in [6.45, 7) is 4.60. The Balaban J connectivity index is 1.32. The maximum atomic E-state index is 12.4. The lowest BCUT2D eigenvalue weighted by molar-refractivity contribution is -0.0212. The summed E-state index contributed by atoms with van der Waals surface area (Å²) in [5, 5.41) is 13.7. The van der Waals surface area contributed by atoms with Crippen LogP contribution in [0.25, 0.3) is 11.1 Å². The van der Waals surface area contributed by atoms with Crippen LogP contribution in [0.5, 0.6) is 0 Å². The van der Waals surface area contributed by atoms with E-state index in [9.17, 15) is 9.90 Å². The summed E-state index contributed by atoms with van der Waals surface area (Å²) >= 11 is 0. The van der Waals surface area contributed by atoms with Crippen LogP contribution >= 0.6 is 0 Å². The van der Waals surface area contributed by atoms with Crippen molar-refractivity contribution in [3.05, 3.63) is 59.7 Å². The van der Waals surface area contributed by atoms with Gasteiger partial charge in [-0.15, -0.1) is 0 Å². The molecule has 1 saturated carbocycles. The van der Waals surface area contributed by atoms with Crippen molar-refractivity contribution in [1.82, 2.24) is 5.32 Å². The number of alkyl carbamates (subject to hydrolysis) is 1. The van der Waals surface area contributed by atoms with Crippen LogP contribution in [0.1, 0.15) is 63.0 Å². The molecule has 4 nitrogen and oxygen atoms in total. The van der Waals surface area contributed by atoms with Crippen LogP contribution in [0.3, 0.4) is 0 Å². The fourth-order valence-electron chi connectivity index (χ4n) is 5.24. The first-order valence-corrected chi connectivity index (χ1v) is 11.3. The van der Waals surface area contributed by atoms with Gasteiger partial charge in [0.05, 0.1) is 5.60 Å². The van der Waals surface area contributed by atoms with Gasteiger partial charge in [0.2, 0.25) is 0 Å². The summed E-state index contributed by atoms with van der Waals surface area (Å²) in [5.74, 6) is 1.06. The zero-order valence-corrected chi connectivity index (χ0v) is 18.1.